The third-order valence-corrected chi connectivity index (χ3v) is 2.36. The number of rotatable bonds is 7. The Morgan fingerprint density at radius 3 is 2.71 bits per heavy atom. The van der Waals surface area contributed by atoms with Crippen molar-refractivity contribution in [3.63, 3.8) is 0 Å². The molecule has 0 saturated carbocycles. The predicted octanol–water partition coefficient (Wildman–Crippen LogP) is 1.71. The molecule has 0 saturated heterocycles. The van der Waals surface area contributed by atoms with Crippen molar-refractivity contribution >= 4 is 5.91 Å². The second-order valence-corrected chi connectivity index (χ2v) is 3.84. The number of nitrogens with two attached hydrogens (primary N) is 1. The van der Waals surface area contributed by atoms with Gasteiger partial charge in [0.05, 0.1) is 0 Å². The van der Waals surface area contributed by atoms with Gasteiger partial charge in [-0.2, -0.15) is 0 Å². The fraction of sp³-hybridized carbons (Fsp3) is 0.417. The molecule has 1 aromatic rings. The number of halogens is 2. The molecule has 0 bridgehead atoms. The zero-order valence-electron chi connectivity index (χ0n) is 9.51. The Labute approximate surface area is 99.0 Å². The third kappa shape index (κ3) is 5.40. The first-order valence-electron chi connectivity index (χ1n) is 5.52. The Morgan fingerprint density at radius 1 is 1.29 bits per heavy atom. The van der Waals surface area contributed by atoms with Crippen molar-refractivity contribution in [1.29, 1.82) is 0 Å². The minimum Gasteiger partial charge on any atom is -0.370 e. The first-order valence-corrected chi connectivity index (χ1v) is 5.52. The van der Waals surface area contributed by atoms with Crippen LogP contribution in [0.15, 0.2) is 18.2 Å². The van der Waals surface area contributed by atoms with Crippen molar-refractivity contribution in [2.45, 2.75) is 25.8 Å². The van der Waals surface area contributed by atoms with Crippen LogP contribution < -0.4 is 11.1 Å². The third-order valence-electron chi connectivity index (χ3n) is 2.36. The second-order valence-electron chi connectivity index (χ2n) is 3.84. The Morgan fingerprint density at radius 2 is 2.06 bits per heavy atom. The second kappa shape index (κ2) is 6.96. The van der Waals surface area contributed by atoms with Gasteiger partial charge in [0.15, 0.2) is 0 Å². The van der Waals surface area contributed by atoms with Gasteiger partial charge >= 0.3 is 0 Å². The van der Waals surface area contributed by atoms with Crippen LogP contribution in [0.4, 0.5) is 8.78 Å². The normalized spacial score (nSPS) is 10.5. The molecule has 0 aromatic heterocycles. The van der Waals surface area contributed by atoms with Crippen LogP contribution in [0.25, 0.3) is 0 Å². The number of nitrogens with one attached hydrogen (secondary N) is 1. The van der Waals surface area contributed by atoms with Gasteiger partial charge in [-0.3, -0.25) is 4.79 Å². The molecule has 5 heteroatoms. The lowest BCUT2D eigenvalue weighted by Crippen LogP contribution is -2.17. The minimum absolute atomic E-state index is 0.311. The molecule has 0 heterocycles. The monoisotopic (exact) mass is 242 g/mol. The van der Waals surface area contributed by atoms with E-state index in [1.165, 1.54) is 12.1 Å². The average Bonchev–Trinajstić information content (AvgIpc) is 2.25. The van der Waals surface area contributed by atoms with E-state index in [9.17, 15) is 13.6 Å². The van der Waals surface area contributed by atoms with Gasteiger partial charge in [0, 0.05) is 24.6 Å². The molecular formula is C12H16F2N2O. The largest absolute Gasteiger partial charge is 0.370 e. The van der Waals surface area contributed by atoms with Crippen LogP contribution in [-0.2, 0) is 11.3 Å². The summed E-state index contributed by atoms with van der Waals surface area (Å²) < 4.78 is 25.8. The van der Waals surface area contributed by atoms with E-state index in [1.807, 2.05) is 0 Å². The lowest BCUT2D eigenvalue weighted by Gasteiger charge is -2.05. The molecular weight excluding hydrogens is 226 g/mol. The maximum absolute atomic E-state index is 13.2. The molecule has 0 aliphatic carbocycles. The van der Waals surface area contributed by atoms with E-state index in [-0.39, 0.29) is 5.91 Å². The number of benzene rings is 1. The van der Waals surface area contributed by atoms with E-state index >= 15 is 0 Å². The minimum atomic E-state index is -0.576. The first kappa shape index (κ1) is 13.6. The van der Waals surface area contributed by atoms with Crippen LogP contribution in [0.1, 0.15) is 24.8 Å². The summed E-state index contributed by atoms with van der Waals surface area (Å²) in [6.07, 6.45) is 1.88. The molecule has 1 amide bonds. The summed E-state index contributed by atoms with van der Waals surface area (Å²) in [5.74, 6) is -1.43. The van der Waals surface area contributed by atoms with Crippen molar-refractivity contribution in [3.05, 3.63) is 35.4 Å². The van der Waals surface area contributed by atoms with Gasteiger partial charge in [0.2, 0.25) is 5.91 Å². The molecule has 0 aliphatic heterocycles. The molecule has 1 rings (SSSR count). The van der Waals surface area contributed by atoms with E-state index in [4.69, 9.17) is 5.73 Å². The molecule has 1 aromatic carbocycles. The summed E-state index contributed by atoms with van der Waals surface area (Å²) in [7, 11) is 0. The summed E-state index contributed by atoms with van der Waals surface area (Å²) >= 11 is 0. The average molecular weight is 242 g/mol. The molecule has 3 N–H and O–H groups in total. The summed E-state index contributed by atoms with van der Waals surface area (Å²) in [5, 5.41) is 3.02. The van der Waals surface area contributed by atoms with Crippen LogP contribution in [-0.4, -0.2) is 12.5 Å². The lowest BCUT2D eigenvalue weighted by atomic mass is 10.2. The topological polar surface area (TPSA) is 55.1 Å². The van der Waals surface area contributed by atoms with Crippen molar-refractivity contribution in [3.8, 4) is 0 Å². The molecule has 0 fully saturated rings. The number of carbonyl (C=O) groups is 1. The van der Waals surface area contributed by atoms with E-state index in [0.717, 1.165) is 12.5 Å². The van der Waals surface area contributed by atoms with Crippen molar-refractivity contribution in [1.82, 2.24) is 5.32 Å². The highest BCUT2D eigenvalue weighted by Crippen LogP contribution is 2.08. The van der Waals surface area contributed by atoms with Gasteiger partial charge < -0.3 is 11.1 Å². The fourth-order valence-corrected chi connectivity index (χ4v) is 1.44. The van der Waals surface area contributed by atoms with E-state index in [2.05, 4.69) is 5.32 Å². The highest BCUT2D eigenvalue weighted by atomic mass is 19.1. The Kier molecular flexibility index (Phi) is 5.56. The van der Waals surface area contributed by atoms with Gasteiger partial charge in [-0.05, 0) is 25.5 Å². The zero-order chi connectivity index (χ0) is 12.7. The summed E-state index contributed by atoms with van der Waals surface area (Å²) in [5.41, 5.74) is 5.42. The zero-order valence-corrected chi connectivity index (χ0v) is 9.51. The predicted molar refractivity (Wildman–Crippen MR) is 61.1 cm³/mol. The van der Waals surface area contributed by atoms with E-state index < -0.39 is 11.6 Å². The van der Waals surface area contributed by atoms with Gasteiger partial charge in [-0.25, -0.2) is 8.78 Å². The quantitative estimate of drug-likeness (QED) is 0.715. The molecule has 3 nitrogen and oxygen atoms in total. The van der Waals surface area contributed by atoms with Crippen LogP contribution in [0.5, 0.6) is 0 Å². The number of unbranched alkanes of at least 4 members (excludes halogenated alkanes) is 1. The molecule has 94 valence electrons. The van der Waals surface area contributed by atoms with Crippen LogP contribution in [0, 0.1) is 11.6 Å². The smallest absolute Gasteiger partial charge is 0.217 e. The van der Waals surface area contributed by atoms with Crippen molar-refractivity contribution in [2.24, 2.45) is 5.73 Å². The lowest BCUT2D eigenvalue weighted by molar-refractivity contribution is -0.118. The Bertz CT molecular complexity index is 383. The summed E-state index contributed by atoms with van der Waals surface area (Å²) in [4.78, 5) is 10.4. The number of hydrogen-bond acceptors (Lipinski definition) is 2. The van der Waals surface area contributed by atoms with Crippen LogP contribution in [0.3, 0.4) is 0 Å². The Balaban J connectivity index is 2.20. The number of hydrogen-bond donors (Lipinski definition) is 2. The molecule has 0 aliphatic rings. The van der Waals surface area contributed by atoms with E-state index in [0.29, 0.717) is 31.5 Å². The van der Waals surface area contributed by atoms with Gasteiger partial charge in [-0.1, -0.05) is 6.07 Å². The fourth-order valence-electron chi connectivity index (χ4n) is 1.44. The van der Waals surface area contributed by atoms with Crippen molar-refractivity contribution < 1.29 is 13.6 Å². The Hall–Kier alpha value is -1.49. The SMILES string of the molecule is NC(=O)CCCCNCc1ccc(F)cc1F. The summed E-state index contributed by atoms with van der Waals surface area (Å²) in [6, 6.07) is 3.51. The molecule has 0 spiro atoms. The molecule has 0 unspecified atom stereocenters. The highest BCUT2D eigenvalue weighted by Gasteiger charge is 2.02. The van der Waals surface area contributed by atoms with Gasteiger partial charge in [0.25, 0.3) is 0 Å². The maximum Gasteiger partial charge on any atom is 0.217 e. The number of carbonyl (C=O) groups excluding carboxylic acids is 1. The first-order chi connectivity index (χ1) is 8.09. The van der Waals surface area contributed by atoms with Crippen LogP contribution >= 0.6 is 0 Å². The molecule has 0 radical (unpaired) electrons. The highest BCUT2D eigenvalue weighted by molar-refractivity contribution is 5.73. The maximum atomic E-state index is 13.2. The molecule has 0 atom stereocenters. The summed E-state index contributed by atoms with van der Waals surface area (Å²) in [6.45, 7) is 1.02. The number of amides is 1. The van der Waals surface area contributed by atoms with Gasteiger partial charge in [-0.15, -0.1) is 0 Å². The standard InChI is InChI=1S/C12H16F2N2O/c13-10-5-4-9(11(14)7-10)8-16-6-2-1-3-12(15)17/h4-5,7,16H,1-3,6,8H2,(H2,15,17). The van der Waals surface area contributed by atoms with Gasteiger partial charge in [0.1, 0.15) is 11.6 Å². The van der Waals surface area contributed by atoms with E-state index in [1.54, 1.807) is 0 Å². The van der Waals surface area contributed by atoms with Crippen molar-refractivity contribution in [2.75, 3.05) is 6.54 Å². The van der Waals surface area contributed by atoms with Crippen LogP contribution in [0.2, 0.25) is 0 Å². The number of primary amides is 1. The molecule has 17 heavy (non-hydrogen) atoms.